The van der Waals surface area contributed by atoms with Crippen LogP contribution >= 0.6 is 0 Å². The van der Waals surface area contributed by atoms with Crippen molar-refractivity contribution < 1.29 is 14.7 Å². The molecule has 0 aromatic carbocycles. The first-order chi connectivity index (χ1) is 8.56. The summed E-state index contributed by atoms with van der Waals surface area (Å²) in [5, 5.41) is 13.1. The number of rotatable bonds is 4. The second-order valence-electron chi connectivity index (χ2n) is 4.51. The monoisotopic (exact) mass is 251 g/mol. The number of aryl methyl sites for hydroxylation is 1. The Morgan fingerprint density at radius 2 is 2.28 bits per heavy atom. The van der Waals surface area contributed by atoms with Gasteiger partial charge in [0.15, 0.2) is 0 Å². The third-order valence-electron chi connectivity index (χ3n) is 3.33. The number of aliphatic carboxylic acids is 1. The molecule has 18 heavy (non-hydrogen) atoms. The van der Waals surface area contributed by atoms with Gasteiger partial charge in [-0.05, 0) is 19.8 Å². The van der Waals surface area contributed by atoms with Gasteiger partial charge >= 0.3 is 5.97 Å². The molecule has 0 saturated carbocycles. The lowest BCUT2D eigenvalue weighted by Crippen LogP contribution is -2.55. The average Bonchev–Trinajstić information content (AvgIpc) is 2.58. The molecule has 1 amide bonds. The van der Waals surface area contributed by atoms with Crippen LogP contribution in [0.3, 0.4) is 0 Å². The summed E-state index contributed by atoms with van der Waals surface area (Å²) in [5.41, 5.74) is 1.31. The molecule has 1 aromatic heterocycles. The molecular weight excluding hydrogens is 234 g/mol. The zero-order valence-electron chi connectivity index (χ0n) is 10.6. The number of hydrogen-bond donors (Lipinski definition) is 1. The van der Waals surface area contributed by atoms with Crippen molar-refractivity contribution in [3.8, 4) is 0 Å². The molecule has 1 N–H and O–H groups in total. The minimum absolute atomic E-state index is 0.228. The van der Waals surface area contributed by atoms with Crippen LogP contribution in [0, 0.1) is 6.92 Å². The lowest BCUT2D eigenvalue weighted by atomic mass is 10.0. The fraction of sp³-hybridized carbons (Fsp3) is 0.583. The largest absolute Gasteiger partial charge is 0.480 e. The Hall–Kier alpha value is -1.85. The van der Waals surface area contributed by atoms with Crippen molar-refractivity contribution in [1.29, 1.82) is 0 Å². The van der Waals surface area contributed by atoms with E-state index in [0.717, 1.165) is 18.7 Å². The normalized spacial score (nSPS) is 18.6. The SMILES string of the molecule is CCCn1ncc(C(=O)N2CC[C@@H]2C(=O)O)c1C. The molecule has 98 valence electrons. The van der Waals surface area contributed by atoms with Crippen LogP contribution in [-0.2, 0) is 11.3 Å². The molecule has 1 fully saturated rings. The molecule has 6 nitrogen and oxygen atoms in total. The van der Waals surface area contributed by atoms with Gasteiger partial charge in [-0.15, -0.1) is 0 Å². The average molecular weight is 251 g/mol. The molecular formula is C12H17N3O3. The number of nitrogens with zero attached hydrogens (tertiary/aromatic N) is 3. The van der Waals surface area contributed by atoms with Gasteiger partial charge < -0.3 is 10.0 Å². The number of likely N-dealkylation sites (tertiary alicyclic amines) is 1. The lowest BCUT2D eigenvalue weighted by Gasteiger charge is -2.37. The summed E-state index contributed by atoms with van der Waals surface area (Å²) in [6, 6.07) is -0.675. The van der Waals surface area contributed by atoms with E-state index in [1.165, 1.54) is 11.1 Å². The molecule has 0 aliphatic carbocycles. The minimum Gasteiger partial charge on any atom is -0.480 e. The Kier molecular flexibility index (Phi) is 3.36. The standard InChI is InChI=1S/C12H17N3O3/c1-3-5-15-8(2)9(7-13-15)11(16)14-6-4-10(14)12(17)18/h7,10H,3-6H2,1-2H3,(H,17,18)/t10-/m1/s1. The molecule has 0 spiro atoms. The molecule has 1 aliphatic rings. The predicted molar refractivity (Wildman–Crippen MR) is 64.3 cm³/mol. The highest BCUT2D eigenvalue weighted by atomic mass is 16.4. The Labute approximate surface area is 105 Å². The van der Waals surface area contributed by atoms with E-state index >= 15 is 0 Å². The van der Waals surface area contributed by atoms with Crippen molar-refractivity contribution in [1.82, 2.24) is 14.7 Å². The Balaban J connectivity index is 2.17. The summed E-state index contributed by atoms with van der Waals surface area (Å²) in [6.45, 7) is 5.15. The summed E-state index contributed by atoms with van der Waals surface area (Å²) < 4.78 is 1.78. The maximum absolute atomic E-state index is 12.2. The van der Waals surface area contributed by atoms with Crippen LogP contribution in [0.2, 0.25) is 0 Å². The van der Waals surface area contributed by atoms with E-state index in [-0.39, 0.29) is 5.91 Å². The highest BCUT2D eigenvalue weighted by Crippen LogP contribution is 2.22. The predicted octanol–water partition coefficient (Wildman–Crippen LogP) is 0.901. The zero-order chi connectivity index (χ0) is 13.3. The molecule has 2 heterocycles. The topological polar surface area (TPSA) is 75.4 Å². The van der Waals surface area contributed by atoms with Crippen LogP contribution in [0.25, 0.3) is 0 Å². The third-order valence-corrected chi connectivity index (χ3v) is 3.33. The Bertz CT molecular complexity index is 481. The molecule has 2 rings (SSSR count). The fourth-order valence-electron chi connectivity index (χ4n) is 2.14. The quantitative estimate of drug-likeness (QED) is 0.862. The minimum atomic E-state index is -0.937. The van der Waals surface area contributed by atoms with Crippen LogP contribution < -0.4 is 0 Å². The van der Waals surface area contributed by atoms with Crippen LogP contribution in [0.4, 0.5) is 0 Å². The summed E-state index contributed by atoms with van der Waals surface area (Å²) >= 11 is 0. The number of carbonyl (C=O) groups is 2. The zero-order valence-corrected chi connectivity index (χ0v) is 10.6. The van der Waals surface area contributed by atoms with E-state index in [2.05, 4.69) is 5.10 Å². The van der Waals surface area contributed by atoms with Crippen LogP contribution in [0.5, 0.6) is 0 Å². The van der Waals surface area contributed by atoms with E-state index < -0.39 is 12.0 Å². The maximum atomic E-state index is 12.2. The first-order valence-electron chi connectivity index (χ1n) is 6.12. The van der Waals surface area contributed by atoms with E-state index in [1.54, 1.807) is 4.68 Å². The number of aromatic nitrogens is 2. The smallest absolute Gasteiger partial charge is 0.326 e. The van der Waals surface area contributed by atoms with Crippen molar-refractivity contribution in [2.75, 3.05) is 6.54 Å². The molecule has 1 saturated heterocycles. The Morgan fingerprint density at radius 1 is 1.56 bits per heavy atom. The Morgan fingerprint density at radius 3 is 2.78 bits per heavy atom. The summed E-state index contributed by atoms with van der Waals surface area (Å²) in [7, 11) is 0. The molecule has 0 bridgehead atoms. The summed E-state index contributed by atoms with van der Waals surface area (Å²) in [4.78, 5) is 24.5. The first-order valence-corrected chi connectivity index (χ1v) is 6.12. The number of carbonyl (C=O) groups excluding carboxylic acids is 1. The molecule has 1 atom stereocenters. The summed E-state index contributed by atoms with van der Waals surface area (Å²) in [6.07, 6.45) is 3.01. The highest BCUT2D eigenvalue weighted by Gasteiger charge is 2.38. The molecule has 6 heteroatoms. The van der Waals surface area contributed by atoms with Gasteiger partial charge in [-0.25, -0.2) is 4.79 Å². The van der Waals surface area contributed by atoms with Crippen LogP contribution in [0.15, 0.2) is 6.20 Å². The van der Waals surface area contributed by atoms with Crippen molar-refractivity contribution in [2.45, 2.75) is 39.3 Å². The first kappa shape index (κ1) is 12.6. The van der Waals surface area contributed by atoms with Gasteiger partial charge in [0.25, 0.3) is 5.91 Å². The van der Waals surface area contributed by atoms with E-state index in [4.69, 9.17) is 5.11 Å². The van der Waals surface area contributed by atoms with E-state index in [1.807, 2.05) is 13.8 Å². The fourth-order valence-corrected chi connectivity index (χ4v) is 2.14. The van der Waals surface area contributed by atoms with Gasteiger partial charge in [0.05, 0.1) is 11.8 Å². The van der Waals surface area contributed by atoms with Crippen molar-refractivity contribution in [3.63, 3.8) is 0 Å². The molecule has 0 unspecified atom stereocenters. The number of carboxylic acid groups (broad SMARTS) is 1. The van der Waals surface area contributed by atoms with E-state index in [9.17, 15) is 9.59 Å². The lowest BCUT2D eigenvalue weighted by molar-refractivity contribution is -0.146. The second-order valence-corrected chi connectivity index (χ2v) is 4.51. The van der Waals surface area contributed by atoms with Crippen molar-refractivity contribution in [3.05, 3.63) is 17.5 Å². The van der Waals surface area contributed by atoms with Gasteiger partial charge in [-0.1, -0.05) is 6.92 Å². The van der Waals surface area contributed by atoms with Gasteiger partial charge in [-0.2, -0.15) is 5.10 Å². The molecule has 0 radical (unpaired) electrons. The molecule has 1 aromatic rings. The number of hydrogen-bond acceptors (Lipinski definition) is 3. The van der Waals surface area contributed by atoms with Crippen molar-refractivity contribution in [2.24, 2.45) is 0 Å². The van der Waals surface area contributed by atoms with Crippen LogP contribution in [0.1, 0.15) is 35.8 Å². The maximum Gasteiger partial charge on any atom is 0.326 e. The number of amides is 1. The second kappa shape index (κ2) is 4.80. The highest BCUT2D eigenvalue weighted by molar-refractivity contribution is 5.98. The van der Waals surface area contributed by atoms with Gasteiger partial charge in [-0.3, -0.25) is 9.48 Å². The number of carboxylic acids is 1. The summed E-state index contributed by atoms with van der Waals surface area (Å²) in [5.74, 6) is -1.17. The third kappa shape index (κ3) is 1.98. The molecule has 1 aliphatic heterocycles. The van der Waals surface area contributed by atoms with Crippen LogP contribution in [-0.4, -0.2) is 44.3 Å². The van der Waals surface area contributed by atoms with E-state index in [0.29, 0.717) is 18.5 Å². The van der Waals surface area contributed by atoms with Gasteiger partial charge in [0.1, 0.15) is 6.04 Å². The van der Waals surface area contributed by atoms with Gasteiger partial charge in [0.2, 0.25) is 0 Å². The van der Waals surface area contributed by atoms with Crippen molar-refractivity contribution >= 4 is 11.9 Å². The van der Waals surface area contributed by atoms with Gasteiger partial charge in [0, 0.05) is 18.8 Å².